The van der Waals surface area contributed by atoms with Crippen molar-refractivity contribution in [3.63, 3.8) is 0 Å². The summed E-state index contributed by atoms with van der Waals surface area (Å²) in [6, 6.07) is 3.44. The number of halogens is 2. The maximum Gasteiger partial charge on any atom is 0.217 e. The van der Waals surface area contributed by atoms with E-state index in [1.54, 1.807) is 23.0 Å². The van der Waals surface area contributed by atoms with Crippen LogP contribution in [-0.4, -0.2) is 32.0 Å². The molecule has 1 amide bonds. The summed E-state index contributed by atoms with van der Waals surface area (Å²) in [5.41, 5.74) is 12.8. The number of imidazole rings is 1. The van der Waals surface area contributed by atoms with Crippen molar-refractivity contribution in [2.45, 2.75) is 25.8 Å². The predicted molar refractivity (Wildman–Crippen MR) is 104 cm³/mol. The number of nitrogens with zero attached hydrogens (tertiary/aromatic N) is 4. The van der Waals surface area contributed by atoms with Crippen LogP contribution < -0.4 is 16.2 Å². The number of aromatic nitrogens is 4. The smallest absolute Gasteiger partial charge is 0.217 e. The molecule has 2 aromatic heterocycles. The lowest BCUT2D eigenvalue weighted by Crippen LogP contribution is -2.11. The molecule has 10 heteroatoms. The van der Waals surface area contributed by atoms with E-state index in [0.29, 0.717) is 70.8 Å². The van der Waals surface area contributed by atoms with E-state index in [1.165, 1.54) is 6.33 Å². The molecule has 0 unspecified atom stereocenters. The van der Waals surface area contributed by atoms with Gasteiger partial charge in [-0.2, -0.15) is 0 Å². The number of carbonyl (C=O) groups excluding carboxylic acids is 1. The molecule has 0 aliphatic rings. The average Bonchev–Trinajstić information content (AvgIpc) is 3.04. The molecule has 27 heavy (non-hydrogen) atoms. The maximum absolute atomic E-state index is 10.8. The highest BCUT2D eigenvalue weighted by Crippen LogP contribution is 2.34. The van der Waals surface area contributed by atoms with Gasteiger partial charge in [-0.1, -0.05) is 23.2 Å². The summed E-state index contributed by atoms with van der Waals surface area (Å²) in [5.74, 6) is 0.590. The molecule has 0 radical (unpaired) electrons. The summed E-state index contributed by atoms with van der Waals surface area (Å²) in [4.78, 5) is 23.2. The van der Waals surface area contributed by atoms with E-state index >= 15 is 0 Å². The van der Waals surface area contributed by atoms with Gasteiger partial charge in [0.1, 0.15) is 17.6 Å². The normalized spacial score (nSPS) is 11.0. The van der Waals surface area contributed by atoms with Gasteiger partial charge >= 0.3 is 0 Å². The van der Waals surface area contributed by atoms with Crippen molar-refractivity contribution in [2.24, 2.45) is 5.73 Å². The highest BCUT2D eigenvalue weighted by atomic mass is 35.5. The minimum absolute atomic E-state index is 0.307. The lowest BCUT2D eigenvalue weighted by molar-refractivity contribution is -0.118. The van der Waals surface area contributed by atoms with E-state index in [2.05, 4.69) is 15.0 Å². The molecule has 0 bridgehead atoms. The summed E-state index contributed by atoms with van der Waals surface area (Å²) in [6.07, 6.45) is 4.68. The fraction of sp³-hybridized carbons (Fsp3) is 0.294. The van der Waals surface area contributed by atoms with Crippen LogP contribution >= 0.6 is 23.2 Å². The Balaban J connectivity index is 1.82. The van der Waals surface area contributed by atoms with E-state index in [9.17, 15) is 4.79 Å². The van der Waals surface area contributed by atoms with Crippen molar-refractivity contribution < 1.29 is 9.53 Å². The van der Waals surface area contributed by atoms with E-state index < -0.39 is 0 Å². The van der Waals surface area contributed by atoms with Gasteiger partial charge in [0.15, 0.2) is 11.5 Å². The summed E-state index contributed by atoms with van der Waals surface area (Å²) in [7, 11) is 0. The third-order valence-electron chi connectivity index (χ3n) is 3.99. The van der Waals surface area contributed by atoms with Crippen LogP contribution in [0.15, 0.2) is 24.8 Å². The summed E-state index contributed by atoms with van der Waals surface area (Å²) >= 11 is 12.6. The highest BCUT2D eigenvalue weighted by Gasteiger charge is 2.15. The summed E-state index contributed by atoms with van der Waals surface area (Å²) in [5, 5.41) is 0.821. The largest absolute Gasteiger partial charge is 0.493 e. The number of fused-ring (bicyclic) bond motifs is 1. The minimum atomic E-state index is -0.321. The number of hydrogen-bond acceptors (Lipinski definition) is 6. The Bertz CT molecular complexity index is 975. The fourth-order valence-electron chi connectivity index (χ4n) is 2.63. The van der Waals surface area contributed by atoms with Gasteiger partial charge in [0, 0.05) is 12.0 Å². The van der Waals surface area contributed by atoms with Gasteiger partial charge in [-0.05, 0) is 25.0 Å². The van der Waals surface area contributed by atoms with Crippen LogP contribution in [0.5, 0.6) is 5.75 Å². The average molecular weight is 409 g/mol. The van der Waals surface area contributed by atoms with Crippen LogP contribution in [0.3, 0.4) is 0 Å². The number of primary amides is 1. The summed E-state index contributed by atoms with van der Waals surface area (Å²) in [6.45, 7) is 0.779. The van der Waals surface area contributed by atoms with Crippen LogP contribution in [0.25, 0.3) is 11.2 Å². The molecule has 0 atom stereocenters. The molecule has 2 heterocycles. The van der Waals surface area contributed by atoms with Crippen molar-refractivity contribution >= 4 is 46.1 Å². The number of unbranched alkanes of at least 4 members (excludes halogenated alkanes) is 1. The Kier molecular flexibility index (Phi) is 5.98. The Morgan fingerprint density at radius 1 is 1.19 bits per heavy atom. The van der Waals surface area contributed by atoms with Gasteiger partial charge in [-0.15, -0.1) is 0 Å². The quantitative estimate of drug-likeness (QED) is 0.552. The zero-order chi connectivity index (χ0) is 19.4. The minimum Gasteiger partial charge on any atom is -0.493 e. The predicted octanol–water partition coefficient (Wildman–Crippen LogP) is 2.80. The van der Waals surface area contributed by atoms with E-state index in [0.717, 1.165) is 0 Å². The third kappa shape index (κ3) is 4.40. The maximum atomic E-state index is 10.8. The number of rotatable bonds is 8. The van der Waals surface area contributed by atoms with Crippen LogP contribution in [-0.2, 0) is 11.3 Å². The first kappa shape index (κ1) is 19.2. The highest BCUT2D eigenvalue weighted by molar-refractivity contribution is 6.42. The zero-order valence-electron chi connectivity index (χ0n) is 14.4. The number of nitrogens with two attached hydrogens (primary N) is 2. The van der Waals surface area contributed by atoms with E-state index in [1.807, 2.05) is 0 Å². The SMILES string of the molecule is NC(=O)CCCCOc1ccc(Cl)c(Cl)c1Cn1cnc2c(N)ncnc21. The third-order valence-corrected chi connectivity index (χ3v) is 4.83. The van der Waals surface area contributed by atoms with E-state index in [4.69, 9.17) is 39.4 Å². The van der Waals surface area contributed by atoms with Gasteiger partial charge in [0.2, 0.25) is 5.91 Å². The first-order valence-corrected chi connectivity index (χ1v) is 9.02. The molecule has 0 saturated carbocycles. The Hall–Kier alpha value is -2.58. The molecule has 3 rings (SSSR count). The van der Waals surface area contributed by atoms with Crippen LogP contribution in [0.4, 0.5) is 5.82 Å². The first-order chi connectivity index (χ1) is 13.0. The zero-order valence-corrected chi connectivity index (χ0v) is 15.9. The van der Waals surface area contributed by atoms with Crippen molar-refractivity contribution in [3.05, 3.63) is 40.4 Å². The lowest BCUT2D eigenvalue weighted by Gasteiger charge is -2.15. The molecule has 0 aliphatic carbocycles. The number of ether oxygens (including phenoxy) is 1. The molecule has 0 saturated heterocycles. The number of nitrogen functional groups attached to an aromatic ring is 1. The van der Waals surface area contributed by atoms with Crippen molar-refractivity contribution in [1.82, 2.24) is 19.5 Å². The fourth-order valence-corrected chi connectivity index (χ4v) is 3.02. The topological polar surface area (TPSA) is 122 Å². The molecule has 0 aliphatic heterocycles. The monoisotopic (exact) mass is 408 g/mol. The molecule has 1 aromatic carbocycles. The van der Waals surface area contributed by atoms with Gasteiger partial charge in [0.25, 0.3) is 0 Å². The molecular formula is C17H18Cl2N6O2. The molecule has 0 fully saturated rings. The van der Waals surface area contributed by atoms with Crippen LogP contribution in [0.1, 0.15) is 24.8 Å². The lowest BCUT2D eigenvalue weighted by atomic mass is 10.2. The van der Waals surface area contributed by atoms with Crippen molar-refractivity contribution in [2.75, 3.05) is 12.3 Å². The second-order valence-corrected chi connectivity index (χ2v) is 6.70. The molecule has 3 aromatic rings. The molecular weight excluding hydrogens is 391 g/mol. The Labute approximate surface area is 165 Å². The van der Waals surface area contributed by atoms with E-state index in [-0.39, 0.29) is 5.91 Å². The number of carbonyl (C=O) groups is 1. The molecule has 4 N–H and O–H groups in total. The van der Waals surface area contributed by atoms with Crippen molar-refractivity contribution in [3.8, 4) is 5.75 Å². The number of hydrogen-bond donors (Lipinski definition) is 2. The van der Waals surface area contributed by atoms with Gasteiger partial charge < -0.3 is 20.8 Å². The molecule has 8 nitrogen and oxygen atoms in total. The second kappa shape index (κ2) is 8.41. The first-order valence-electron chi connectivity index (χ1n) is 8.26. The van der Waals surface area contributed by atoms with Gasteiger partial charge in [-0.3, -0.25) is 4.79 Å². The summed E-state index contributed by atoms with van der Waals surface area (Å²) < 4.78 is 7.65. The van der Waals surface area contributed by atoms with Crippen LogP contribution in [0.2, 0.25) is 10.0 Å². The number of anilines is 1. The Morgan fingerprint density at radius 2 is 2.00 bits per heavy atom. The van der Waals surface area contributed by atoms with Crippen LogP contribution in [0, 0.1) is 0 Å². The number of amides is 1. The van der Waals surface area contributed by atoms with Gasteiger partial charge in [0.05, 0.1) is 29.5 Å². The number of benzene rings is 1. The molecule has 142 valence electrons. The van der Waals surface area contributed by atoms with Gasteiger partial charge in [-0.25, -0.2) is 15.0 Å². The second-order valence-electron chi connectivity index (χ2n) is 5.91. The standard InChI is InChI=1S/C17H18Cl2N6O2/c18-11-4-5-12(27-6-2-1-3-13(20)26)10(14(11)19)7-25-9-24-15-16(21)22-8-23-17(15)25/h4-5,8-9H,1-3,6-7H2,(H2,20,26)(H2,21,22,23). The Morgan fingerprint density at radius 3 is 2.78 bits per heavy atom. The molecule has 0 spiro atoms. The van der Waals surface area contributed by atoms with Crippen molar-refractivity contribution in [1.29, 1.82) is 0 Å².